The van der Waals surface area contributed by atoms with E-state index in [2.05, 4.69) is 24.3 Å². The molecule has 16 heavy (non-hydrogen) atoms. The predicted molar refractivity (Wildman–Crippen MR) is 66.4 cm³/mol. The Hall–Kier alpha value is -0.610. The Balaban J connectivity index is 2.38. The fourth-order valence-electron chi connectivity index (χ4n) is 2.31. The number of nitrogens with one attached hydrogen (secondary N) is 1. The smallest absolute Gasteiger partial charge is 0.226 e. The van der Waals surface area contributed by atoms with Gasteiger partial charge in [0.25, 0.3) is 0 Å². The summed E-state index contributed by atoms with van der Waals surface area (Å²) in [5.74, 6) is 0.396. The lowest BCUT2D eigenvalue weighted by Gasteiger charge is -2.36. The molecule has 0 aromatic heterocycles. The van der Waals surface area contributed by atoms with Gasteiger partial charge >= 0.3 is 0 Å². The van der Waals surface area contributed by atoms with Crippen LogP contribution >= 0.6 is 0 Å². The molecule has 1 heterocycles. The highest BCUT2D eigenvalue weighted by molar-refractivity contribution is 5.78. The minimum atomic E-state index is 0.0981. The maximum Gasteiger partial charge on any atom is 0.226 e. The van der Waals surface area contributed by atoms with Crippen LogP contribution in [0.25, 0.3) is 0 Å². The van der Waals surface area contributed by atoms with Crippen LogP contribution in [0.5, 0.6) is 0 Å². The van der Waals surface area contributed by atoms with Crippen molar-refractivity contribution in [2.24, 2.45) is 5.92 Å². The minimum absolute atomic E-state index is 0.0981. The topological polar surface area (TPSA) is 35.6 Å². The Morgan fingerprint density at radius 1 is 1.44 bits per heavy atom. The first-order valence-electron chi connectivity index (χ1n) is 6.16. The highest BCUT2D eigenvalue weighted by Crippen LogP contribution is 2.16. The van der Waals surface area contributed by atoms with E-state index < -0.39 is 0 Å². The van der Waals surface area contributed by atoms with Crippen molar-refractivity contribution in [3.05, 3.63) is 0 Å². The second-order valence-corrected chi connectivity index (χ2v) is 4.98. The van der Waals surface area contributed by atoms with E-state index in [1.165, 1.54) is 0 Å². The summed E-state index contributed by atoms with van der Waals surface area (Å²) in [6.07, 6.45) is 2.20. The van der Waals surface area contributed by atoms with E-state index in [4.69, 9.17) is 0 Å². The van der Waals surface area contributed by atoms with Crippen LogP contribution in [-0.2, 0) is 4.79 Å². The number of carbonyl (C=O) groups excluding carboxylic acids is 1. The first kappa shape index (κ1) is 13.5. The number of likely N-dealkylation sites (tertiary alicyclic amines) is 1. The zero-order chi connectivity index (χ0) is 12.1. The Bertz CT molecular complexity index is 222. The fraction of sp³-hybridized carbons (Fsp3) is 0.917. The van der Waals surface area contributed by atoms with Gasteiger partial charge in [-0.05, 0) is 34.0 Å². The summed E-state index contributed by atoms with van der Waals surface area (Å²) in [7, 11) is 6.12. The number of carbonyl (C=O) groups is 1. The normalized spacial score (nSPS) is 20.2. The molecular formula is C12H25N3O. The van der Waals surface area contributed by atoms with Crippen molar-refractivity contribution in [3.8, 4) is 0 Å². The van der Waals surface area contributed by atoms with Gasteiger partial charge in [-0.2, -0.15) is 0 Å². The van der Waals surface area contributed by atoms with Crippen LogP contribution < -0.4 is 5.32 Å². The molecule has 0 saturated carbocycles. The third-order valence-corrected chi connectivity index (χ3v) is 3.44. The van der Waals surface area contributed by atoms with Crippen molar-refractivity contribution < 1.29 is 4.79 Å². The maximum absolute atomic E-state index is 12.0. The van der Waals surface area contributed by atoms with Crippen molar-refractivity contribution in [1.29, 1.82) is 0 Å². The molecule has 1 rings (SSSR count). The summed E-state index contributed by atoms with van der Waals surface area (Å²) in [4.78, 5) is 16.3. The van der Waals surface area contributed by atoms with Gasteiger partial charge in [-0.1, -0.05) is 6.92 Å². The van der Waals surface area contributed by atoms with E-state index in [0.29, 0.717) is 11.9 Å². The molecule has 0 spiro atoms. The van der Waals surface area contributed by atoms with Gasteiger partial charge in [-0.3, -0.25) is 4.79 Å². The van der Waals surface area contributed by atoms with Gasteiger partial charge in [-0.25, -0.2) is 0 Å². The lowest BCUT2D eigenvalue weighted by Crippen LogP contribution is -2.47. The minimum Gasteiger partial charge on any atom is -0.342 e. The zero-order valence-electron chi connectivity index (χ0n) is 11.0. The Labute approximate surface area is 99.0 Å². The van der Waals surface area contributed by atoms with Gasteiger partial charge in [0.05, 0.1) is 0 Å². The molecular weight excluding hydrogens is 202 g/mol. The largest absolute Gasteiger partial charge is 0.342 e. The Kier molecular flexibility index (Phi) is 5.22. The van der Waals surface area contributed by atoms with Crippen LogP contribution in [0.4, 0.5) is 0 Å². The van der Waals surface area contributed by atoms with Crippen molar-refractivity contribution >= 4 is 5.91 Å². The molecule has 0 aliphatic carbocycles. The Morgan fingerprint density at radius 2 is 2.00 bits per heavy atom. The average molecular weight is 227 g/mol. The van der Waals surface area contributed by atoms with Crippen molar-refractivity contribution in [2.45, 2.75) is 25.8 Å². The molecule has 0 bridgehead atoms. The average Bonchev–Trinajstić information content (AvgIpc) is 2.28. The van der Waals surface area contributed by atoms with Crippen LogP contribution in [0.3, 0.4) is 0 Å². The van der Waals surface area contributed by atoms with Gasteiger partial charge in [-0.15, -0.1) is 0 Å². The summed E-state index contributed by atoms with van der Waals surface area (Å²) < 4.78 is 0. The lowest BCUT2D eigenvalue weighted by atomic mass is 10.0. The summed E-state index contributed by atoms with van der Waals surface area (Å²) in [6.45, 7) is 4.59. The van der Waals surface area contributed by atoms with Crippen molar-refractivity contribution in [1.82, 2.24) is 15.1 Å². The molecule has 1 saturated heterocycles. The number of nitrogens with zero attached hydrogens (tertiary/aromatic N) is 2. The van der Waals surface area contributed by atoms with E-state index in [9.17, 15) is 4.79 Å². The molecule has 1 atom stereocenters. The van der Waals surface area contributed by atoms with E-state index in [-0.39, 0.29) is 5.92 Å². The van der Waals surface area contributed by atoms with Crippen LogP contribution in [-0.4, -0.2) is 62.5 Å². The molecule has 94 valence electrons. The number of rotatable bonds is 4. The number of hydrogen-bond donors (Lipinski definition) is 1. The van der Waals surface area contributed by atoms with Gasteiger partial charge in [0.2, 0.25) is 5.91 Å². The summed E-state index contributed by atoms with van der Waals surface area (Å²) in [6, 6.07) is 0.642. The van der Waals surface area contributed by atoms with E-state index >= 15 is 0 Å². The molecule has 1 amide bonds. The highest BCUT2D eigenvalue weighted by Gasteiger charge is 2.26. The highest BCUT2D eigenvalue weighted by atomic mass is 16.2. The van der Waals surface area contributed by atoms with Gasteiger partial charge in [0.15, 0.2) is 0 Å². The molecule has 4 heteroatoms. The second-order valence-electron chi connectivity index (χ2n) is 4.98. The third kappa shape index (κ3) is 3.46. The predicted octanol–water partition coefficient (Wildman–Crippen LogP) is 0.395. The molecule has 1 unspecified atom stereocenters. The van der Waals surface area contributed by atoms with Crippen LogP contribution in [0.1, 0.15) is 19.8 Å². The number of amides is 1. The van der Waals surface area contributed by atoms with E-state index in [0.717, 1.165) is 32.5 Å². The summed E-state index contributed by atoms with van der Waals surface area (Å²) in [5, 5.41) is 3.06. The fourth-order valence-corrected chi connectivity index (χ4v) is 2.31. The SMILES string of the molecule is CNCC(C)C(=O)N1CCC(N(C)C)CC1. The van der Waals surface area contributed by atoms with Crippen molar-refractivity contribution in [3.63, 3.8) is 0 Å². The van der Waals surface area contributed by atoms with Crippen LogP contribution in [0, 0.1) is 5.92 Å². The summed E-state index contributed by atoms with van der Waals surface area (Å²) in [5.41, 5.74) is 0. The molecule has 0 radical (unpaired) electrons. The molecule has 4 nitrogen and oxygen atoms in total. The van der Waals surface area contributed by atoms with E-state index in [1.54, 1.807) is 0 Å². The molecule has 0 aromatic carbocycles. The van der Waals surface area contributed by atoms with Crippen molar-refractivity contribution in [2.75, 3.05) is 40.8 Å². The zero-order valence-corrected chi connectivity index (χ0v) is 11.0. The second kappa shape index (κ2) is 6.21. The lowest BCUT2D eigenvalue weighted by molar-refractivity contribution is -0.136. The molecule has 0 aromatic rings. The maximum atomic E-state index is 12.0. The van der Waals surface area contributed by atoms with Gasteiger partial charge < -0.3 is 15.1 Å². The monoisotopic (exact) mass is 227 g/mol. The molecule has 1 N–H and O–H groups in total. The van der Waals surface area contributed by atoms with Crippen LogP contribution in [0.2, 0.25) is 0 Å². The molecule has 1 aliphatic heterocycles. The van der Waals surface area contributed by atoms with E-state index in [1.807, 2.05) is 18.9 Å². The summed E-state index contributed by atoms with van der Waals surface area (Å²) >= 11 is 0. The van der Waals surface area contributed by atoms with Gasteiger partial charge in [0.1, 0.15) is 0 Å². The Morgan fingerprint density at radius 3 is 2.44 bits per heavy atom. The number of piperidine rings is 1. The third-order valence-electron chi connectivity index (χ3n) is 3.44. The van der Waals surface area contributed by atoms with Gasteiger partial charge in [0, 0.05) is 31.6 Å². The number of hydrogen-bond acceptors (Lipinski definition) is 3. The van der Waals surface area contributed by atoms with Crippen LogP contribution in [0.15, 0.2) is 0 Å². The standard InChI is InChI=1S/C12H25N3O/c1-10(9-13-2)12(16)15-7-5-11(6-8-15)14(3)4/h10-11,13H,5-9H2,1-4H3. The quantitative estimate of drug-likeness (QED) is 0.755. The first-order chi connectivity index (χ1) is 7.56. The molecule has 1 aliphatic rings. The molecule has 1 fully saturated rings. The first-order valence-corrected chi connectivity index (χ1v) is 6.16.